The molecule has 2 aromatic carbocycles. The molecule has 0 unspecified atom stereocenters. The maximum Gasteiger partial charge on any atom is 0.165 e. The highest BCUT2D eigenvalue weighted by Crippen LogP contribution is 2.31. The number of hydrogen-bond donors (Lipinski definition) is 1. The normalized spacial score (nSPS) is 10.4. The van der Waals surface area contributed by atoms with E-state index in [0.717, 1.165) is 5.56 Å². The lowest BCUT2D eigenvalue weighted by molar-refractivity contribution is 0.210. The fraction of sp³-hybridized carbons (Fsp3) is 0.294. The Labute approximate surface area is 146 Å². The molecule has 0 spiro atoms. The Kier molecular flexibility index (Phi) is 6.84. The van der Waals surface area contributed by atoms with Gasteiger partial charge in [0.15, 0.2) is 11.5 Å². The molecule has 0 amide bonds. The van der Waals surface area contributed by atoms with Crippen molar-refractivity contribution in [1.82, 2.24) is 5.32 Å². The lowest BCUT2D eigenvalue weighted by Crippen LogP contribution is -2.13. The molecule has 0 bridgehead atoms. The van der Waals surface area contributed by atoms with Gasteiger partial charge in [-0.05, 0) is 25.2 Å². The summed E-state index contributed by atoms with van der Waals surface area (Å²) in [5.74, 6) is 1.95. The molecule has 4 nitrogen and oxygen atoms in total. The van der Waals surface area contributed by atoms with Crippen LogP contribution in [0.2, 0.25) is 10.0 Å². The van der Waals surface area contributed by atoms with E-state index in [1.54, 1.807) is 25.3 Å². The van der Waals surface area contributed by atoms with Gasteiger partial charge in [-0.15, -0.1) is 0 Å². The van der Waals surface area contributed by atoms with Crippen molar-refractivity contribution in [1.29, 1.82) is 0 Å². The summed E-state index contributed by atoms with van der Waals surface area (Å²) in [6.07, 6.45) is 0. The molecule has 23 heavy (non-hydrogen) atoms. The minimum atomic E-state index is 0.344. The lowest BCUT2D eigenvalue weighted by Gasteiger charge is -2.15. The van der Waals surface area contributed by atoms with Gasteiger partial charge in [0.1, 0.15) is 19.0 Å². The zero-order chi connectivity index (χ0) is 16.7. The van der Waals surface area contributed by atoms with Crippen LogP contribution < -0.4 is 19.5 Å². The van der Waals surface area contributed by atoms with E-state index in [1.807, 2.05) is 25.2 Å². The molecule has 124 valence electrons. The number of halogens is 2. The first-order valence-electron chi connectivity index (χ1n) is 7.17. The van der Waals surface area contributed by atoms with Crippen LogP contribution in [-0.4, -0.2) is 27.4 Å². The molecule has 0 aliphatic heterocycles. The summed E-state index contributed by atoms with van der Waals surface area (Å²) in [5.41, 5.74) is 1.02. The van der Waals surface area contributed by atoms with Gasteiger partial charge in [0.25, 0.3) is 0 Å². The van der Waals surface area contributed by atoms with E-state index in [-0.39, 0.29) is 0 Å². The van der Waals surface area contributed by atoms with E-state index in [2.05, 4.69) is 5.32 Å². The monoisotopic (exact) mass is 355 g/mol. The number of methoxy groups -OCH3 is 1. The van der Waals surface area contributed by atoms with Crippen LogP contribution in [0.5, 0.6) is 17.2 Å². The molecule has 0 radical (unpaired) electrons. The van der Waals surface area contributed by atoms with Crippen LogP contribution in [0.1, 0.15) is 5.56 Å². The Morgan fingerprint density at radius 1 is 1.00 bits per heavy atom. The van der Waals surface area contributed by atoms with Crippen molar-refractivity contribution in [2.45, 2.75) is 6.54 Å². The fourth-order valence-corrected chi connectivity index (χ4v) is 2.43. The summed E-state index contributed by atoms with van der Waals surface area (Å²) < 4.78 is 16.8. The van der Waals surface area contributed by atoms with Gasteiger partial charge in [0.05, 0.1) is 12.1 Å². The molecular formula is C17H19Cl2NO3. The van der Waals surface area contributed by atoms with Gasteiger partial charge in [-0.2, -0.15) is 0 Å². The van der Waals surface area contributed by atoms with Crippen molar-refractivity contribution in [3.63, 3.8) is 0 Å². The van der Waals surface area contributed by atoms with E-state index in [9.17, 15) is 0 Å². The molecule has 0 aromatic heterocycles. The number of para-hydroxylation sites is 1. The summed E-state index contributed by atoms with van der Waals surface area (Å²) in [4.78, 5) is 0. The van der Waals surface area contributed by atoms with Crippen molar-refractivity contribution in [2.24, 2.45) is 0 Å². The molecule has 0 saturated carbocycles. The van der Waals surface area contributed by atoms with Crippen molar-refractivity contribution >= 4 is 23.2 Å². The maximum atomic E-state index is 6.05. The van der Waals surface area contributed by atoms with Crippen LogP contribution in [-0.2, 0) is 6.54 Å². The second-order valence-electron chi connectivity index (χ2n) is 4.75. The molecule has 0 heterocycles. The molecule has 0 aliphatic carbocycles. The van der Waals surface area contributed by atoms with Gasteiger partial charge < -0.3 is 19.5 Å². The predicted octanol–water partition coefficient (Wildman–Crippen LogP) is 4.18. The summed E-state index contributed by atoms with van der Waals surface area (Å²) in [5, 5.41) is 4.20. The lowest BCUT2D eigenvalue weighted by atomic mass is 10.2. The second kappa shape index (κ2) is 8.87. The Balaban J connectivity index is 1.97. The smallest absolute Gasteiger partial charge is 0.165 e. The molecule has 0 atom stereocenters. The van der Waals surface area contributed by atoms with Crippen LogP contribution in [0, 0.1) is 0 Å². The third-order valence-corrected chi connectivity index (χ3v) is 3.68. The van der Waals surface area contributed by atoms with Gasteiger partial charge in [-0.25, -0.2) is 0 Å². The summed E-state index contributed by atoms with van der Waals surface area (Å²) in [6, 6.07) is 10.9. The fourth-order valence-electron chi connectivity index (χ4n) is 2.10. The average molecular weight is 356 g/mol. The number of nitrogens with one attached hydrogen (secondary N) is 1. The minimum absolute atomic E-state index is 0.344. The number of benzene rings is 2. The Morgan fingerprint density at radius 3 is 2.52 bits per heavy atom. The van der Waals surface area contributed by atoms with Crippen molar-refractivity contribution in [3.05, 3.63) is 52.0 Å². The third kappa shape index (κ3) is 4.93. The van der Waals surface area contributed by atoms with Crippen LogP contribution in [0.3, 0.4) is 0 Å². The van der Waals surface area contributed by atoms with E-state index < -0.39 is 0 Å². The van der Waals surface area contributed by atoms with Gasteiger partial charge in [-0.1, -0.05) is 35.3 Å². The summed E-state index contributed by atoms with van der Waals surface area (Å²) in [7, 11) is 3.50. The SMILES string of the molecule is CNCc1cccc(OC)c1OCCOc1cc(Cl)ccc1Cl. The molecule has 6 heteroatoms. The van der Waals surface area contributed by atoms with E-state index in [0.29, 0.717) is 47.1 Å². The number of ether oxygens (including phenoxy) is 3. The molecule has 2 rings (SSSR count). The largest absolute Gasteiger partial charge is 0.493 e. The maximum absolute atomic E-state index is 6.05. The molecule has 2 aromatic rings. The zero-order valence-electron chi connectivity index (χ0n) is 13.1. The zero-order valence-corrected chi connectivity index (χ0v) is 14.6. The van der Waals surface area contributed by atoms with Crippen LogP contribution in [0.25, 0.3) is 0 Å². The Hall–Kier alpha value is -1.62. The molecule has 0 saturated heterocycles. The molecule has 1 N–H and O–H groups in total. The summed E-state index contributed by atoms with van der Waals surface area (Å²) >= 11 is 12.0. The number of rotatable bonds is 8. The first-order chi connectivity index (χ1) is 11.2. The highest BCUT2D eigenvalue weighted by Gasteiger charge is 2.10. The van der Waals surface area contributed by atoms with Crippen LogP contribution in [0.4, 0.5) is 0 Å². The Bertz CT molecular complexity index is 650. The van der Waals surface area contributed by atoms with Gasteiger partial charge in [0.2, 0.25) is 0 Å². The first-order valence-corrected chi connectivity index (χ1v) is 7.92. The van der Waals surface area contributed by atoms with Crippen LogP contribution >= 0.6 is 23.2 Å². The van der Waals surface area contributed by atoms with Crippen molar-refractivity contribution < 1.29 is 14.2 Å². The van der Waals surface area contributed by atoms with Crippen molar-refractivity contribution in [3.8, 4) is 17.2 Å². The number of hydrogen-bond acceptors (Lipinski definition) is 4. The molecule has 0 aliphatic rings. The third-order valence-electron chi connectivity index (χ3n) is 3.13. The standard InChI is InChI=1S/C17H19Cl2NO3/c1-20-11-12-4-3-5-15(21-2)17(12)23-9-8-22-16-10-13(18)6-7-14(16)19/h3-7,10,20H,8-9,11H2,1-2H3. The van der Waals surface area contributed by atoms with Gasteiger partial charge in [0, 0.05) is 23.2 Å². The topological polar surface area (TPSA) is 39.7 Å². The minimum Gasteiger partial charge on any atom is -0.493 e. The van der Waals surface area contributed by atoms with Gasteiger partial charge >= 0.3 is 0 Å². The summed E-state index contributed by atoms with van der Waals surface area (Å²) in [6.45, 7) is 1.39. The highest BCUT2D eigenvalue weighted by molar-refractivity contribution is 6.34. The average Bonchev–Trinajstić information content (AvgIpc) is 2.55. The van der Waals surface area contributed by atoms with E-state index >= 15 is 0 Å². The quantitative estimate of drug-likeness (QED) is 0.721. The Morgan fingerprint density at radius 2 is 1.78 bits per heavy atom. The van der Waals surface area contributed by atoms with Crippen molar-refractivity contribution in [2.75, 3.05) is 27.4 Å². The van der Waals surface area contributed by atoms with E-state index in [4.69, 9.17) is 37.4 Å². The molecule has 0 fully saturated rings. The highest BCUT2D eigenvalue weighted by atomic mass is 35.5. The van der Waals surface area contributed by atoms with Crippen LogP contribution in [0.15, 0.2) is 36.4 Å². The first kappa shape index (κ1) is 17.7. The second-order valence-corrected chi connectivity index (χ2v) is 5.59. The van der Waals surface area contributed by atoms with Gasteiger partial charge in [-0.3, -0.25) is 0 Å². The van der Waals surface area contributed by atoms with E-state index in [1.165, 1.54) is 0 Å². The molecular weight excluding hydrogens is 337 g/mol. The predicted molar refractivity (Wildman–Crippen MR) is 93.2 cm³/mol.